The van der Waals surface area contributed by atoms with E-state index in [1.807, 2.05) is 0 Å². The van der Waals surface area contributed by atoms with Crippen molar-refractivity contribution in [1.29, 1.82) is 0 Å². The van der Waals surface area contributed by atoms with Gasteiger partial charge in [0.15, 0.2) is 11.5 Å². The molecule has 9 heteroatoms. The van der Waals surface area contributed by atoms with Gasteiger partial charge in [-0.25, -0.2) is 4.79 Å². The maximum absolute atomic E-state index is 12.1. The summed E-state index contributed by atoms with van der Waals surface area (Å²) in [5, 5.41) is 11.1. The number of ether oxygens (including phenoxy) is 3. The highest BCUT2D eigenvalue weighted by Gasteiger charge is 2.52. The zero-order valence-corrected chi connectivity index (χ0v) is 13.3. The number of carbonyl (C=O) groups excluding carboxylic acids is 1. The highest BCUT2D eigenvalue weighted by atomic mass is 35.5. The van der Waals surface area contributed by atoms with Crippen molar-refractivity contribution in [3.05, 3.63) is 27.8 Å². The molecule has 1 atom stereocenters. The first-order chi connectivity index (χ1) is 10.3. The third-order valence-electron chi connectivity index (χ3n) is 3.29. The minimum absolute atomic E-state index is 0.00265. The molecule has 1 aliphatic rings. The summed E-state index contributed by atoms with van der Waals surface area (Å²) in [5.74, 6) is -0.674. The van der Waals surface area contributed by atoms with Gasteiger partial charge < -0.3 is 14.2 Å². The maximum atomic E-state index is 12.1. The Morgan fingerprint density at radius 2 is 1.91 bits per heavy atom. The Morgan fingerprint density at radius 1 is 1.36 bits per heavy atom. The van der Waals surface area contributed by atoms with Crippen LogP contribution in [-0.4, -0.2) is 36.1 Å². The number of esters is 1. The molecule has 0 amide bonds. The molecule has 0 bridgehead atoms. The Labute approximate surface area is 136 Å². The number of halogens is 2. The first-order valence-corrected chi connectivity index (χ1v) is 7.01. The zero-order chi connectivity index (χ0) is 16.5. The van der Waals surface area contributed by atoms with Crippen LogP contribution in [0.2, 0.25) is 0 Å². The molecule has 2 rings (SSSR count). The number of nitrogens with zero attached hydrogens (tertiary/aromatic N) is 1. The highest BCUT2D eigenvalue weighted by molar-refractivity contribution is 6.50. The second-order valence-electron chi connectivity index (χ2n) is 4.74. The quantitative estimate of drug-likeness (QED) is 0.339. The molecular formula is C13H13Cl2NO6. The molecular weight excluding hydrogens is 337 g/mol. The van der Waals surface area contributed by atoms with E-state index in [1.54, 1.807) is 0 Å². The van der Waals surface area contributed by atoms with Crippen LogP contribution in [0.3, 0.4) is 0 Å². The third kappa shape index (κ3) is 3.36. The number of methoxy groups -OCH3 is 2. The molecule has 22 heavy (non-hydrogen) atoms. The molecule has 120 valence electrons. The molecule has 1 saturated carbocycles. The van der Waals surface area contributed by atoms with Gasteiger partial charge in [0.1, 0.15) is 9.90 Å². The van der Waals surface area contributed by atoms with E-state index >= 15 is 0 Å². The fourth-order valence-electron chi connectivity index (χ4n) is 1.89. The molecule has 1 aromatic carbocycles. The lowest BCUT2D eigenvalue weighted by molar-refractivity contribution is -0.385. The van der Waals surface area contributed by atoms with E-state index in [1.165, 1.54) is 20.3 Å². The molecule has 0 saturated heterocycles. The summed E-state index contributed by atoms with van der Waals surface area (Å²) in [5.41, 5.74) is -0.653. The Balaban J connectivity index is 2.24. The number of nitro groups is 1. The summed E-state index contributed by atoms with van der Waals surface area (Å²) in [7, 11) is 2.70. The van der Waals surface area contributed by atoms with Crippen molar-refractivity contribution < 1.29 is 23.9 Å². The molecule has 0 aromatic heterocycles. The minimum Gasteiger partial charge on any atom is -0.493 e. The van der Waals surface area contributed by atoms with E-state index in [9.17, 15) is 14.9 Å². The maximum Gasteiger partial charge on any atom is 0.345 e. The van der Waals surface area contributed by atoms with Crippen molar-refractivity contribution in [2.45, 2.75) is 10.8 Å². The lowest BCUT2D eigenvalue weighted by Crippen LogP contribution is -2.12. The first-order valence-electron chi connectivity index (χ1n) is 6.25. The average Bonchev–Trinajstić information content (AvgIpc) is 3.10. The Bertz CT molecular complexity index is 619. The number of benzene rings is 1. The molecule has 1 fully saturated rings. The van der Waals surface area contributed by atoms with Gasteiger partial charge in [-0.05, 0) is 6.42 Å². The van der Waals surface area contributed by atoms with Crippen molar-refractivity contribution in [3.63, 3.8) is 0 Å². The van der Waals surface area contributed by atoms with Crippen molar-refractivity contribution in [2.24, 2.45) is 5.92 Å². The van der Waals surface area contributed by atoms with Crippen LogP contribution < -0.4 is 9.47 Å². The predicted molar refractivity (Wildman–Crippen MR) is 79.0 cm³/mol. The summed E-state index contributed by atoms with van der Waals surface area (Å²) in [6.07, 6.45) is 0.511. The van der Waals surface area contributed by atoms with Crippen molar-refractivity contribution in [3.8, 4) is 11.5 Å². The van der Waals surface area contributed by atoms with Crippen molar-refractivity contribution in [1.82, 2.24) is 0 Å². The van der Waals surface area contributed by atoms with Crippen molar-refractivity contribution >= 4 is 34.9 Å². The van der Waals surface area contributed by atoms with Gasteiger partial charge >= 0.3 is 5.97 Å². The summed E-state index contributed by atoms with van der Waals surface area (Å²) in [4.78, 5) is 22.5. The Hall–Kier alpha value is -1.73. The van der Waals surface area contributed by atoms with E-state index in [0.29, 0.717) is 6.42 Å². The molecule has 0 spiro atoms. The number of hydrogen-bond acceptors (Lipinski definition) is 6. The van der Waals surface area contributed by atoms with Gasteiger partial charge in [0.25, 0.3) is 5.69 Å². The van der Waals surface area contributed by atoms with Crippen LogP contribution in [0.5, 0.6) is 11.5 Å². The van der Waals surface area contributed by atoms with Gasteiger partial charge in [-0.2, -0.15) is 0 Å². The fourth-order valence-corrected chi connectivity index (χ4v) is 2.39. The van der Waals surface area contributed by atoms with Crippen LogP contribution in [0.4, 0.5) is 5.69 Å². The standard InChI is InChI=1S/C13H13Cl2NO6/c1-20-10-3-8(9(16(18)19)4-11(10)21-2)12(17)22-6-7-5-13(7,14)15/h3-4,7H,5-6H2,1-2H3/t7-/m0/s1. The predicted octanol–water partition coefficient (Wildman–Crippen LogP) is 2.96. The van der Waals surface area contributed by atoms with Gasteiger partial charge in [-0.1, -0.05) is 0 Å². The Morgan fingerprint density at radius 3 is 2.36 bits per heavy atom. The second-order valence-corrected chi connectivity index (χ2v) is 6.28. The largest absolute Gasteiger partial charge is 0.493 e. The first kappa shape index (κ1) is 16.6. The summed E-state index contributed by atoms with van der Waals surface area (Å²) in [6.45, 7) is -0.00265. The summed E-state index contributed by atoms with van der Waals surface area (Å²) >= 11 is 11.7. The molecule has 0 heterocycles. The molecule has 1 aromatic rings. The number of alkyl halides is 2. The number of rotatable bonds is 6. The topological polar surface area (TPSA) is 87.9 Å². The van der Waals surface area contributed by atoms with Gasteiger partial charge in [0.05, 0.1) is 31.8 Å². The van der Waals surface area contributed by atoms with Crippen LogP contribution in [0.25, 0.3) is 0 Å². The van der Waals surface area contributed by atoms with E-state index < -0.39 is 20.9 Å². The van der Waals surface area contributed by atoms with E-state index in [0.717, 1.165) is 6.07 Å². The van der Waals surface area contributed by atoms with Gasteiger partial charge in [0, 0.05) is 12.0 Å². The smallest absolute Gasteiger partial charge is 0.345 e. The zero-order valence-electron chi connectivity index (χ0n) is 11.8. The van der Waals surface area contributed by atoms with Crippen LogP contribution in [0, 0.1) is 16.0 Å². The van der Waals surface area contributed by atoms with Gasteiger partial charge in [-0.3, -0.25) is 10.1 Å². The van der Waals surface area contributed by atoms with Gasteiger partial charge in [-0.15, -0.1) is 23.2 Å². The number of carbonyl (C=O) groups is 1. The lowest BCUT2D eigenvalue weighted by Gasteiger charge is -2.10. The molecule has 0 N–H and O–H groups in total. The fraction of sp³-hybridized carbons (Fsp3) is 0.462. The third-order valence-corrected chi connectivity index (χ3v) is 4.22. The molecule has 7 nitrogen and oxygen atoms in total. The Kier molecular flexibility index (Phi) is 4.67. The normalized spacial score (nSPS) is 18.5. The average molecular weight is 350 g/mol. The SMILES string of the molecule is COc1cc(C(=O)OC[C@@H]2CC2(Cl)Cl)c([N+](=O)[O-])cc1OC. The molecule has 0 radical (unpaired) electrons. The number of nitro benzene ring substituents is 1. The van der Waals surface area contributed by atoms with Crippen LogP contribution in [0.15, 0.2) is 12.1 Å². The number of hydrogen-bond donors (Lipinski definition) is 0. The lowest BCUT2D eigenvalue weighted by atomic mass is 10.1. The van der Waals surface area contributed by atoms with E-state index in [2.05, 4.69) is 0 Å². The van der Waals surface area contributed by atoms with E-state index in [4.69, 9.17) is 37.4 Å². The monoisotopic (exact) mass is 349 g/mol. The van der Waals surface area contributed by atoms with Crippen LogP contribution in [-0.2, 0) is 4.74 Å². The van der Waals surface area contributed by atoms with Crippen LogP contribution in [0.1, 0.15) is 16.8 Å². The van der Waals surface area contributed by atoms with Crippen LogP contribution >= 0.6 is 23.2 Å². The minimum atomic E-state index is -0.885. The molecule has 0 aliphatic heterocycles. The van der Waals surface area contributed by atoms with Crippen molar-refractivity contribution in [2.75, 3.05) is 20.8 Å². The van der Waals surface area contributed by atoms with Gasteiger partial charge in [0.2, 0.25) is 0 Å². The summed E-state index contributed by atoms with van der Waals surface area (Å²) < 4.78 is 14.2. The summed E-state index contributed by atoms with van der Waals surface area (Å²) in [6, 6.07) is 2.32. The second kappa shape index (κ2) is 6.18. The molecule has 0 unspecified atom stereocenters. The van der Waals surface area contributed by atoms with E-state index in [-0.39, 0.29) is 29.6 Å². The highest BCUT2D eigenvalue weighted by Crippen LogP contribution is 2.53. The molecule has 1 aliphatic carbocycles.